The molecule has 0 saturated carbocycles. The first kappa shape index (κ1) is 23.1. The smallest absolute Gasteiger partial charge is 0.323 e. The average Bonchev–Trinajstić information content (AvgIpc) is 3.38. The standard InChI is InChI=1S/C25H20F3N3O3S/c1-34-18-6-8-22-19(13-18)25(23(32)30(22)14-15-5-7-20(27)21(28)11-15)31(9-10-35-25)24(33)29-17-4-2-3-16(26)12-17/h2-8,11-13H,9-10,14H2,1H3,(H,29,33). The van der Waals surface area contributed by atoms with Gasteiger partial charge in [-0.3, -0.25) is 9.69 Å². The van der Waals surface area contributed by atoms with Gasteiger partial charge < -0.3 is 15.0 Å². The quantitative estimate of drug-likeness (QED) is 0.543. The van der Waals surface area contributed by atoms with Gasteiger partial charge in [0.05, 0.1) is 19.3 Å². The number of benzene rings is 3. The molecule has 1 unspecified atom stereocenters. The van der Waals surface area contributed by atoms with Crippen LogP contribution in [-0.2, 0) is 16.2 Å². The fourth-order valence-corrected chi connectivity index (χ4v) is 5.91. The van der Waals surface area contributed by atoms with Gasteiger partial charge in [0.15, 0.2) is 16.5 Å². The van der Waals surface area contributed by atoms with Crippen molar-refractivity contribution in [1.82, 2.24) is 4.90 Å². The van der Waals surface area contributed by atoms with Gasteiger partial charge in [0.2, 0.25) is 0 Å². The number of carbonyl (C=O) groups is 2. The third-order valence-corrected chi connectivity index (χ3v) is 7.47. The Morgan fingerprint density at radius 3 is 2.66 bits per heavy atom. The minimum atomic E-state index is -1.39. The van der Waals surface area contributed by atoms with E-state index in [1.807, 2.05) is 0 Å². The maximum absolute atomic E-state index is 14.0. The van der Waals surface area contributed by atoms with Gasteiger partial charge in [0, 0.05) is 23.5 Å². The summed E-state index contributed by atoms with van der Waals surface area (Å²) in [6.07, 6.45) is 0. The SMILES string of the molecule is COc1ccc2c(c1)C1(SCCN1C(=O)Nc1cccc(F)c1)C(=O)N2Cc1ccc(F)c(F)c1. The molecule has 0 aliphatic carbocycles. The number of nitrogens with one attached hydrogen (secondary N) is 1. The van der Waals surface area contributed by atoms with E-state index < -0.39 is 28.4 Å². The van der Waals surface area contributed by atoms with Gasteiger partial charge in [-0.1, -0.05) is 12.1 Å². The highest BCUT2D eigenvalue weighted by molar-refractivity contribution is 8.01. The summed E-state index contributed by atoms with van der Waals surface area (Å²) in [5, 5.41) is 2.67. The van der Waals surface area contributed by atoms with Gasteiger partial charge in [0.1, 0.15) is 11.6 Å². The van der Waals surface area contributed by atoms with Gasteiger partial charge in [-0.25, -0.2) is 18.0 Å². The number of hydrogen-bond donors (Lipinski definition) is 1. The lowest BCUT2D eigenvalue weighted by atomic mass is 10.1. The van der Waals surface area contributed by atoms with E-state index in [4.69, 9.17) is 4.74 Å². The Hall–Kier alpha value is -3.66. The number of urea groups is 1. The third-order valence-electron chi connectivity index (χ3n) is 6.05. The topological polar surface area (TPSA) is 61.9 Å². The summed E-state index contributed by atoms with van der Waals surface area (Å²) in [5.74, 6) is -1.89. The van der Waals surface area contributed by atoms with E-state index in [2.05, 4.69) is 5.32 Å². The van der Waals surface area contributed by atoms with E-state index in [0.717, 1.165) is 12.1 Å². The number of carbonyl (C=O) groups excluding carboxylic acids is 2. The number of hydrogen-bond acceptors (Lipinski definition) is 4. The zero-order chi connectivity index (χ0) is 24.7. The molecule has 2 heterocycles. The molecule has 35 heavy (non-hydrogen) atoms. The first-order chi connectivity index (χ1) is 16.8. The van der Waals surface area contributed by atoms with Crippen LogP contribution in [0, 0.1) is 17.5 Å². The maximum Gasteiger partial charge on any atom is 0.323 e. The van der Waals surface area contributed by atoms with Crippen molar-refractivity contribution in [3.63, 3.8) is 0 Å². The Bertz CT molecular complexity index is 1340. The summed E-state index contributed by atoms with van der Waals surface area (Å²) >= 11 is 1.30. The molecule has 3 aromatic rings. The highest BCUT2D eigenvalue weighted by Crippen LogP contribution is 2.55. The van der Waals surface area contributed by atoms with Crippen LogP contribution in [0.1, 0.15) is 11.1 Å². The van der Waals surface area contributed by atoms with E-state index >= 15 is 0 Å². The van der Waals surface area contributed by atoms with Gasteiger partial charge in [0.25, 0.3) is 5.91 Å². The fraction of sp³-hybridized carbons (Fsp3) is 0.200. The van der Waals surface area contributed by atoms with Gasteiger partial charge in [-0.2, -0.15) is 0 Å². The van der Waals surface area contributed by atoms with E-state index in [0.29, 0.717) is 28.3 Å². The zero-order valence-corrected chi connectivity index (χ0v) is 19.4. The van der Waals surface area contributed by atoms with Crippen molar-refractivity contribution in [2.75, 3.05) is 29.6 Å². The number of anilines is 2. The summed E-state index contributed by atoms with van der Waals surface area (Å²) < 4.78 is 46.3. The monoisotopic (exact) mass is 499 g/mol. The lowest BCUT2D eigenvalue weighted by Gasteiger charge is -2.33. The number of thioether (sulfide) groups is 1. The molecule has 2 aliphatic heterocycles. The minimum Gasteiger partial charge on any atom is -0.497 e. The van der Waals surface area contributed by atoms with Crippen LogP contribution in [0.15, 0.2) is 60.7 Å². The molecule has 1 saturated heterocycles. The third kappa shape index (κ3) is 3.87. The van der Waals surface area contributed by atoms with Crippen LogP contribution in [0.2, 0.25) is 0 Å². The molecule has 180 valence electrons. The lowest BCUT2D eigenvalue weighted by Crippen LogP contribution is -2.51. The normalized spacial score (nSPS) is 18.8. The van der Waals surface area contributed by atoms with Crippen molar-refractivity contribution >= 4 is 35.1 Å². The van der Waals surface area contributed by atoms with Gasteiger partial charge >= 0.3 is 6.03 Å². The number of rotatable bonds is 4. The molecule has 2 aliphatic rings. The number of nitrogens with zero attached hydrogens (tertiary/aromatic N) is 2. The Labute approximate surface area is 203 Å². The summed E-state index contributed by atoms with van der Waals surface area (Å²) in [5.41, 5.74) is 1.76. The molecule has 1 spiro atoms. The molecule has 1 atom stereocenters. The molecule has 3 aromatic carbocycles. The van der Waals surface area contributed by atoms with Crippen molar-refractivity contribution in [2.24, 2.45) is 0 Å². The molecule has 1 N–H and O–H groups in total. The molecule has 6 nitrogen and oxygen atoms in total. The first-order valence-electron chi connectivity index (χ1n) is 10.8. The van der Waals surface area contributed by atoms with Crippen molar-refractivity contribution in [2.45, 2.75) is 11.4 Å². The summed E-state index contributed by atoms with van der Waals surface area (Å²) in [6, 6.07) is 13.5. The van der Waals surface area contributed by atoms with Crippen LogP contribution in [0.4, 0.5) is 29.3 Å². The zero-order valence-electron chi connectivity index (χ0n) is 18.6. The van der Waals surface area contributed by atoms with E-state index in [9.17, 15) is 22.8 Å². The second-order valence-corrected chi connectivity index (χ2v) is 9.40. The van der Waals surface area contributed by atoms with E-state index in [1.165, 1.54) is 52.9 Å². The van der Waals surface area contributed by atoms with Crippen molar-refractivity contribution in [3.8, 4) is 5.75 Å². The van der Waals surface area contributed by atoms with Gasteiger partial charge in [-0.05, 0) is 54.1 Å². The highest BCUT2D eigenvalue weighted by atomic mass is 32.2. The molecule has 0 bridgehead atoms. The summed E-state index contributed by atoms with van der Waals surface area (Å²) in [4.78, 5) is 28.8. The van der Waals surface area contributed by atoms with Crippen LogP contribution in [0.25, 0.3) is 0 Å². The number of halogens is 3. The summed E-state index contributed by atoms with van der Waals surface area (Å²) in [6.45, 7) is 0.254. The van der Waals surface area contributed by atoms with E-state index in [-0.39, 0.29) is 24.7 Å². The molecule has 0 aromatic heterocycles. The predicted molar refractivity (Wildman–Crippen MR) is 127 cm³/mol. The molecule has 3 amide bonds. The van der Waals surface area contributed by atoms with Crippen molar-refractivity contribution in [3.05, 3.63) is 89.2 Å². The molecular weight excluding hydrogens is 479 g/mol. The lowest BCUT2D eigenvalue weighted by molar-refractivity contribution is -0.123. The first-order valence-corrected chi connectivity index (χ1v) is 11.7. The molecule has 5 rings (SSSR count). The van der Waals surface area contributed by atoms with Crippen molar-refractivity contribution in [1.29, 1.82) is 0 Å². The average molecular weight is 500 g/mol. The number of fused-ring (bicyclic) bond motifs is 2. The Morgan fingerprint density at radius 2 is 1.91 bits per heavy atom. The van der Waals surface area contributed by atoms with Gasteiger partial charge in [-0.15, -0.1) is 11.8 Å². The molecule has 10 heteroatoms. The van der Waals surface area contributed by atoms with Crippen LogP contribution in [0.3, 0.4) is 0 Å². The van der Waals surface area contributed by atoms with Crippen LogP contribution < -0.4 is 15.0 Å². The van der Waals surface area contributed by atoms with Crippen LogP contribution >= 0.6 is 11.8 Å². The molecule has 1 fully saturated rings. The largest absolute Gasteiger partial charge is 0.497 e. The summed E-state index contributed by atoms with van der Waals surface area (Å²) in [7, 11) is 1.50. The van der Waals surface area contributed by atoms with Crippen LogP contribution in [-0.4, -0.2) is 36.2 Å². The number of methoxy groups -OCH3 is 1. The predicted octanol–water partition coefficient (Wildman–Crippen LogP) is 5.09. The Balaban J connectivity index is 1.55. The minimum absolute atomic E-state index is 0.0168. The second kappa shape index (κ2) is 8.84. The van der Waals surface area contributed by atoms with Crippen LogP contribution in [0.5, 0.6) is 5.75 Å². The fourth-order valence-electron chi connectivity index (χ4n) is 4.46. The maximum atomic E-state index is 14.0. The Kier molecular flexibility index (Phi) is 5.84. The number of ether oxygens (including phenoxy) is 1. The molecule has 0 radical (unpaired) electrons. The van der Waals surface area contributed by atoms with E-state index in [1.54, 1.807) is 24.3 Å². The second-order valence-electron chi connectivity index (χ2n) is 8.11. The highest BCUT2D eigenvalue weighted by Gasteiger charge is 2.59. The Morgan fingerprint density at radius 1 is 1.09 bits per heavy atom. The molecular formula is C25H20F3N3O3S. The number of amides is 3. The van der Waals surface area contributed by atoms with Crippen molar-refractivity contribution < 1.29 is 27.5 Å².